The topological polar surface area (TPSA) is 55.6 Å². The van der Waals surface area contributed by atoms with Crippen molar-refractivity contribution in [3.63, 3.8) is 0 Å². The Hall–Kier alpha value is -1.96. The Morgan fingerprint density at radius 1 is 1.26 bits per heavy atom. The number of halogens is 3. The van der Waals surface area contributed by atoms with E-state index >= 15 is 0 Å². The largest absolute Gasteiger partial charge is 0.416 e. The van der Waals surface area contributed by atoms with E-state index in [-0.39, 0.29) is 12.1 Å². The fourth-order valence-electron chi connectivity index (χ4n) is 1.73. The van der Waals surface area contributed by atoms with Crippen molar-refractivity contribution in [1.29, 1.82) is 0 Å². The molecule has 2 rings (SSSR count). The Morgan fingerprint density at radius 3 is 2.68 bits per heavy atom. The molecule has 0 fully saturated rings. The summed E-state index contributed by atoms with van der Waals surface area (Å²) >= 11 is 0. The molecule has 0 atom stereocenters. The minimum atomic E-state index is -4.38. The van der Waals surface area contributed by atoms with Crippen molar-refractivity contribution in [1.82, 2.24) is 25.5 Å². The summed E-state index contributed by atoms with van der Waals surface area (Å²) < 4.78 is 39.9. The molecule has 0 saturated heterocycles. The smallest absolute Gasteiger partial charge is 0.313 e. The summed E-state index contributed by atoms with van der Waals surface area (Å²) in [5.74, 6) is 0.486. The molecule has 1 aromatic carbocycles. The molecule has 0 aliphatic rings. The maximum Gasteiger partial charge on any atom is 0.416 e. The van der Waals surface area contributed by atoms with Gasteiger partial charge in [0.05, 0.1) is 18.7 Å². The zero-order valence-corrected chi connectivity index (χ0v) is 10.1. The van der Waals surface area contributed by atoms with Crippen LogP contribution in [0.15, 0.2) is 24.3 Å². The summed E-state index contributed by atoms with van der Waals surface area (Å²) in [5.41, 5.74) is -0.527. The molecule has 0 spiro atoms. The molecular formula is C11H12F3N5. The molecule has 0 amide bonds. The number of benzene rings is 1. The van der Waals surface area contributed by atoms with E-state index in [4.69, 9.17) is 0 Å². The number of tetrazole rings is 1. The second-order valence-corrected chi connectivity index (χ2v) is 3.94. The lowest BCUT2D eigenvalue weighted by atomic mass is 10.1. The van der Waals surface area contributed by atoms with Gasteiger partial charge in [-0.2, -0.15) is 13.2 Å². The molecule has 0 aliphatic carbocycles. The molecule has 0 saturated carbocycles. The first-order valence-electron chi connectivity index (χ1n) is 5.57. The molecule has 8 heteroatoms. The molecule has 1 N–H and O–H groups in total. The number of alkyl halides is 3. The highest BCUT2D eigenvalue weighted by Gasteiger charge is 2.33. The summed E-state index contributed by atoms with van der Waals surface area (Å²) in [4.78, 5) is 0. The third kappa shape index (κ3) is 3.08. The number of rotatable bonds is 4. The van der Waals surface area contributed by atoms with E-state index in [0.717, 1.165) is 6.07 Å². The average Bonchev–Trinajstić information content (AvgIpc) is 2.77. The zero-order chi connectivity index (χ0) is 13.9. The van der Waals surface area contributed by atoms with Gasteiger partial charge < -0.3 is 5.32 Å². The van der Waals surface area contributed by atoms with Crippen LogP contribution in [0.2, 0.25) is 0 Å². The first-order valence-corrected chi connectivity index (χ1v) is 5.57. The van der Waals surface area contributed by atoms with Crippen molar-refractivity contribution in [2.75, 3.05) is 7.05 Å². The van der Waals surface area contributed by atoms with Crippen molar-refractivity contribution in [2.24, 2.45) is 0 Å². The van der Waals surface area contributed by atoms with Crippen LogP contribution in [0.1, 0.15) is 17.0 Å². The molecular weight excluding hydrogens is 259 g/mol. The van der Waals surface area contributed by atoms with Gasteiger partial charge in [-0.05, 0) is 29.1 Å². The highest BCUT2D eigenvalue weighted by molar-refractivity contribution is 5.29. The van der Waals surface area contributed by atoms with Gasteiger partial charge in [0.15, 0.2) is 5.82 Å². The molecule has 102 valence electrons. The highest BCUT2D eigenvalue weighted by Crippen LogP contribution is 2.32. The Balaban J connectivity index is 2.31. The van der Waals surface area contributed by atoms with Gasteiger partial charge in [0.1, 0.15) is 0 Å². The summed E-state index contributed by atoms with van der Waals surface area (Å²) in [6.45, 7) is 0.376. The van der Waals surface area contributed by atoms with Crippen molar-refractivity contribution in [3.05, 3.63) is 41.2 Å². The van der Waals surface area contributed by atoms with Gasteiger partial charge in [-0.15, -0.1) is 5.10 Å². The second kappa shape index (κ2) is 5.35. The lowest BCUT2D eigenvalue weighted by molar-refractivity contribution is -0.138. The maximum absolute atomic E-state index is 12.9. The van der Waals surface area contributed by atoms with Gasteiger partial charge in [0.2, 0.25) is 0 Å². The van der Waals surface area contributed by atoms with E-state index in [9.17, 15) is 13.2 Å². The van der Waals surface area contributed by atoms with Crippen LogP contribution in [0, 0.1) is 0 Å². The van der Waals surface area contributed by atoms with Crippen LogP contribution in [0.25, 0.3) is 0 Å². The van der Waals surface area contributed by atoms with Crippen molar-refractivity contribution in [3.8, 4) is 0 Å². The highest BCUT2D eigenvalue weighted by atomic mass is 19.4. The van der Waals surface area contributed by atoms with E-state index in [2.05, 4.69) is 20.8 Å². The van der Waals surface area contributed by atoms with Crippen LogP contribution in [-0.4, -0.2) is 27.3 Å². The van der Waals surface area contributed by atoms with E-state index < -0.39 is 11.7 Å². The maximum atomic E-state index is 12.9. The Labute approximate surface area is 107 Å². The molecule has 5 nitrogen and oxygen atoms in total. The number of aromatic nitrogens is 4. The third-order valence-corrected chi connectivity index (χ3v) is 2.58. The molecule has 1 aromatic heterocycles. The minimum absolute atomic E-state index is 0.0142. The fourth-order valence-corrected chi connectivity index (χ4v) is 1.73. The first-order chi connectivity index (χ1) is 9.02. The van der Waals surface area contributed by atoms with Crippen molar-refractivity contribution in [2.45, 2.75) is 19.3 Å². The van der Waals surface area contributed by atoms with Crippen LogP contribution in [0.4, 0.5) is 13.2 Å². The standard InChI is InChI=1S/C11H12F3N5/c1-15-6-10-16-17-18-19(10)7-8-4-2-3-5-9(8)11(12,13)14/h2-5,15H,6-7H2,1H3. The van der Waals surface area contributed by atoms with Gasteiger partial charge in [-0.25, -0.2) is 4.68 Å². The summed E-state index contributed by atoms with van der Waals surface area (Å²) in [7, 11) is 1.71. The van der Waals surface area contributed by atoms with Gasteiger partial charge in [-0.1, -0.05) is 18.2 Å². The molecule has 2 aromatic rings. The van der Waals surface area contributed by atoms with Gasteiger partial charge in [-0.3, -0.25) is 0 Å². The number of hydrogen-bond donors (Lipinski definition) is 1. The quantitative estimate of drug-likeness (QED) is 0.914. The SMILES string of the molecule is CNCc1nnnn1Cc1ccccc1C(F)(F)F. The molecule has 0 aliphatic heterocycles. The van der Waals surface area contributed by atoms with Gasteiger partial charge in [0, 0.05) is 0 Å². The predicted octanol–water partition coefficient (Wildman–Crippen LogP) is 1.46. The Bertz CT molecular complexity index is 549. The summed E-state index contributed by atoms with van der Waals surface area (Å²) in [5, 5.41) is 13.8. The first kappa shape index (κ1) is 13.5. The number of nitrogens with one attached hydrogen (secondary N) is 1. The van der Waals surface area contributed by atoms with E-state index in [1.807, 2.05) is 0 Å². The number of hydrogen-bond acceptors (Lipinski definition) is 4. The number of nitrogens with zero attached hydrogens (tertiary/aromatic N) is 4. The molecule has 1 heterocycles. The Morgan fingerprint density at radius 2 is 2.00 bits per heavy atom. The van der Waals surface area contributed by atoms with Crippen LogP contribution < -0.4 is 5.32 Å². The molecule has 0 radical (unpaired) electrons. The minimum Gasteiger partial charge on any atom is -0.313 e. The zero-order valence-electron chi connectivity index (χ0n) is 10.1. The summed E-state index contributed by atoms with van der Waals surface area (Å²) in [6, 6.07) is 5.40. The molecule has 19 heavy (non-hydrogen) atoms. The van der Waals surface area contributed by atoms with Crippen molar-refractivity contribution >= 4 is 0 Å². The molecule has 0 bridgehead atoms. The second-order valence-electron chi connectivity index (χ2n) is 3.94. The van der Waals surface area contributed by atoms with Crippen LogP contribution in [0.5, 0.6) is 0 Å². The van der Waals surface area contributed by atoms with Crippen molar-refractivity contribution < 1.29 is 13.2 Å². The third-order valence-electron chi connectivity index (χ3n) is 2.58. The van der Waals surface area contributed by atoms with Gasteiger partial charge >= 0.3 is 6.18 Å². The molecule has 0 unspecified atom stereocenters. The lowest BCUT2D eigenvalue weighted by Gasteiger charge is -2.12. The van der Waals surface area contributed by atoms with E-state index in [1.54, 1.807) is 13.1 Å². The van der Waals surface area contributed by atoms with Crippen LogP contribution in [0.3, 0.4) is 0 Å². The monoisotopic (exact) mass is 271 g/mol. The van der Waals surface area contributed by atoms with E-state index in [0.29, 0.717) is 12.4 Å². The summed E-state index contributed by atoms with van der Waals surface area (Å²) in [6.07, 6.45) is -4.38. The van der Waals surface area contributed by atoms with E-state index in [1.165, 1.54) is 16.8 Å². The fraction of sp³-hybridized carbons (Fsp3) is 0.364. The lowest BCUT2D eigenvalue weighted by Crippen LogP contribution is -2.16. The average molecular weight is 271 g/mol. The Kier molecular flexibility index (Phi) is 3.79. The normalized spacial score (nSPS) is 11.8. The van der Waals surface area contributed by atoms with Gasteiger partial charge in [0.25, 0.3) is 0 Å². The predicted molar refractivity (Wildman–Crippen MR) is 61.1 cm³/mol. The van der Waals surface area contributed by atoms with Crippen LogP contribution >= 0.6 is 0 Å². The van der Waals surface area contributed by atoms with Crippen LogP contribution in [-0.2, 0) is 19.3 Å².